The van der Waals surface area contributed by atoms with E-state index in [2.05, 4.69) is 528 Å². The first-order chi connectivity index (χ1) is 73.7. The summed E-state index contributed by atoms with van der Waals surface area (Å²) < 4.78 is 7.06. The second kappa shape index (κ2) is 35.2. The van der Waals surface area contributed by atoms with Crippen LogP contribution in [0.5, 0.6) is 0 Å². The van der Waals surface area contributed by atoms with Crippen LogP contribution in [-0.2, 0) is 16.2 Å². The average Bonchev–Trinajstić information content (AvgIpc) is 1.55. The summed E-state index contributed by atoms with van der Waals surface area (Å²) in [5.41, 5.74) is 40.2. The van der Waals surface area contributed by atoms with Crippen molar-refractivity contribution >= 4 is 97.7 Å². The molecule has 27 aromatic rings. The highest BCUT2D eigenvalue weighted by Crippen LogP contribution is 2.59. The van der Waals surface area contributed by atoms with Gasteiger partial charge in [-0.05, 0) is 219 Å². The van der Waals surface area contributed by atoms with Gasteiger partial charge in [-0.1, -0.05) is 424 Å². The van der Waals surface area contributed by atoms with E-state index in [0.717, 1.165) is 90.2 Å². The molecule has 3 aliphatic rings. The second-order valence-electron chi connectivity index (χ2n) is 41.4. The molecule has 21 aromatic carbocycles. The van der Waals surface area contributed by atoms with Crippen molar-refractivity contribution < 1.29 is 0 Å². The van der Waals surface area contributed by atoms with Crippen LogP contribution >= 0.6 is 0 Å². The number of para-hydroxylation sites is 6. The molecule has 9 heteroatoms. The number of hydrogen-bond donors (Lipinski definition) is 0. The normalized spacial score (nSPS) is 13.2. The molecule has 708 valence electrons. The van der Waals surface area contributed by atoms with Crippen molar-refractivity contribution in [3.63, 3.8) is 0 Å². The predicted molar refractivity (Wildman–Crippen MR) is 623 cm³/mol. The maximum Gasteiger partial charge on any atom is 0.164 e. The molecular weight excluding hydrogens is 1820 g/mol. The number of rotatable bonds is 12. The fourth-order valence-corrected chi connectivity index (χ4v) is 24.9. The summed E-state index contributed by atoms with van der Waals surface area (Å²) in [4.78, 5) is 31.7. The summed E-state index contributed by atoms with van der Waals surface area (Å²) >= 11 is 0. The molecule has 0 saturated carbocycles. The molecule has 0 aliphatic heterocycles. The van der Waals surface area contributed by atoms with Gasteiger partial charge in [0.2, 0.25) is 0 Å². The van der Waals surface area contributed by atoms with Crippen LogP contribution < -0.4 is 0 Å². The molecule has 6 aromatic heterocycles. The third kappa shape index (κ3) is 14.4. The minimum atomic E-state index is -0.184. The molecule has 0 N–H and O–H groups in total. The lowest BCUT2D eigenvalue weighted by molar-refractivity contribution is 0.666. The van der Waals surface area contributed by atoms with Gasteiger partial charge in [-0.3, -0.25) is 0 Å². The van der Waals surface area contributed by atoms with Gasteiger partial charge in [0, 0.05) is 110 Å². The first-order valence-corrected chi connectivity index (χ1v) is 51.8. The SMILES string of the molecule is CC1(C)c2ccccc2-c2c(-c3cc(-c4ccccc4)nc(-c4ccc(-n5c6ccccc6c6ccccc65)cc4)c3)cc3ccccc3c21.CC1(C)c2ccccc2-c2c(-c3nc(-c4ccccc4)cc(-c4ccc(-n5c6ccccc6c6ccccc65)cc4)n3)cc3ccccc3c21.CC1(C)c2ccccc2-c2c(-c3nc(-c4ccccc4)nc(-c4cccc(-n5c6ccccc6c6ccccc65)c4)n3)cc3ccccc3c21. The lowest BCUT2D eigenvalue weighted by Crippen LogP contribution is -2.15. The van der Waals surface area contributed by atoms with Crippen LogP contribution in [0.4, 0.5) is 0 Å². The van der Waals surface area contributed by atoms with Crippen molar-refractivity contribution in [1.29, 1.82) is 0 Å². The smallest absolute Gasteiger partial charge is 0.164 e. The number of pyridine rings is 1. The standard InChI is InChI=1S/C48H34N2.C47H33N3.C46H32N4/c1-48(2)41-21-11-8-20-39(41)46-40(28-33-16-6-7-17-36(33)47(46)48)34-29-42(31-14-4-3-5-15-31)49-43(30-34)32-24-26-35(27-25-32)50-44-22-12-9-18-37(44)38-19-10-13-23-45(38)50;1-47(2)39-21-11-8-20-37(39)44-38(28-32-16-6-7-17-34(32)45(44)47)46-48-40(30-14-4-3-5-15-30)29-41(49-46)31-24-26-33(27-25-31)50-42-22-12-9-18-35(42)36-19-10-13-23-43(36)50;1-46(2)38-24-11-8-23-36(38)41-37(28-30-17-6-7-20-33(30)42(41)46)45-48-43(29-15-4-3-5-16-29)47-44(49-45)31-18-14-19-32(27-31)50-39-25-12-9-21-34(39)35-22-10-13-26-40(35)50/h3-30H,1-2H3;3-29H,1-2H3;3-28H,1-2H3. The Balaban J connectivity index is 0.000000108. The van der Waals surface area contributed by atoms with E-state index in [0.29, 0.717) is 17.5 Å². The molecule has 0 amide bonds. The number of aromatic nitrogens is 9. The zero-order valence-corrected chi connectivity index (χ0v) is 83.8. The van der Waals surface area contributed by atoms with Gasteiger partial charge < -0.3 is 13.7 Å². The van der Waals surface area contributed by atoms with E-state index in [9.17, 15) is 0 Å². The van der Waals surface area contributed by atoms with E-state index >= 15 is 0 Å². The highest BCUT2D eigenvalue weighted by molar-refractivity contribution is 6.14. The molecule has 6 heterocycles. The van der Waals surface area contributed by atoms with Gasteiger partial charge in [-0.2, -0.15) is 0 Å². The quantitative estimate of drug-likeness (QED) is 0.121. The van der Waals surface area contributed by atoms with E-state index in [-0.39, 0.29) is 16.2 Å². The first-order valence-electron chi connectivity index (χ1n) is 51.8. The van der Waals surface area contributed by atoms with E-state index in [1.54, 1.807) is 0 Å². The predicted octanol–water partition coefficient (Wildman–Crippen LogP) is 36.1. The summed E-state index contributed by atoms with van der Waals surface area (Å²) in [6.07, 6.45) is 0. The van der Waals surface area contributed by atoms with E-state index in [4.69, 9.17) is 29.9 Å². The van der Waals surface area contributed by atoms with Crippen LogP contribution in [0.25, 0.3) is 250 Å². The van der Waals surface area contributed by atoms with Crippen LogP contribution in [0.1, 0.15) is 74.9 Å². The first kappa shape index (κ1) is 88.7. The lowest BCUT2D eigenvalue weighted by Gasteiger charge is -2.24. The van der Waals surface area contributed by atoms with Crippen LogP contribution in [0.15, 0.2) is 491 Å². The van der Waals surface area contributed by atoms with E-state index in [1.807, 2.05) is 18.2 Å². The van der Waals surface area contributed by atoms with Crippen molar-refractivity contribution in [3.8, 4) is 152 Å². The van der Waals surface area contributed by atoms with Gasteiger partial charge in [-0.25, -0.2) is 29.9 Å². The molecule has 0 saturated heterocycles. The summed E-state index contributed by atoms with van der Waals surface area (Å²) in [5, 5.41) is 15.0. The Morgan fingerprint density at radius 2 is 0.427 bits per heavy atom. The Kier molecular flexibility index (Phi) is 20.8. The Bertz CT molecular complexity index is 9620. The highest BCUT2D eigenvalue weighted by atomic mass is 15.0. The molecule has 0 bridgehead atoms. The van der Waals surface area contributed by atoms with Gasteiger partial charge in [0.05, 0.1) is 55.9 Å². The Morgan fingerprint density at radius 3 is 0.800 bits per heavy atom. The Hall–Kier alpha value is -19.0. The largest absolute Gasteiger partial charge is 0.309 e. The molecule has 0 spiro atoms. The Labute approximate surface area is 869 Å². The fraction of sp³-hybridized carbons (Fsp3) is 0.0638. The van der Waals surface area contributed by atoms with Crippen molar-refractivity contribution in [2.45, 2.75) is 57.8 Å². The molecular formula is C141H99N9. The maximum atomic E-state index is 5.38. The number of hydrogen-bond acceptors (Lipinski definition) is 6. The van der Waals surface area contributed by atoms with Crippen molar-refractivity contribution in [2.75, 3.05) is 0 Å². The molecule has 3 aliphatic carbocycles. The van der Waals surface area contributed by atoms with Gasteiger partial charge >= 0.3 is 0 Å². The third-order valence-corrected chi connectivity index (χ3v) is 31.7. The molecule has 0 radical (unpaired) electrons. The summed E-state index contributed by atoms with van der Waals surface area (Å²) in [6.45, 7) is 14.1. The van der Waals surface area contributed by atoms with Crippen LogP contribution in [-0.4, -0.2) is 43.6 Å². The summed E-state index contributed by atoms with van der Waals surface area (Å²) in [6, 6.07) is 176. The maximum absolute atomic E-state index is 5.38. The lowest BCUT2D eigenvalue weighted by atomic mass is 9.79. The molecule has 30 rings (SSSR count). The van der Waals surface area contributed by atoms with Gasteiger partial charge in [-0.15, -0.1) is 0 Å². The van der Waals surface area contributed by atoms with Crippen LogP contribution in [0, 0.1) is 0 Å². The molecule has 0 unspecified atom stereocenters. The third-order valence-electron chi connectivity index (χ3n) is 31.7. The monoisotopic (exact) mass is 1920 g/mol. The molecule has 9 nitrogen and oxygen atoms in total. The minimum absolute atomic E-state index is 0.123. The van der Waals surface area contributed by atoms with E-state index in [1.165, 1.54) is 176 Å². The second-order valence-corrected chi connectivity index (χ2v) is 41.4. The van der Waals surface area contributed by atoms with Crippen LogP contribution in [0.3, 0.4) is 0 Å². The summed E-state index contributed by atoms with van der Waals surface area (Å²) in [5.74, 6) is 2.71. The van der Waals surface area contributed by atoms with Crippen LogP contribution in [0.2, 0.25) is 0 Å². The topological polar surface area (TPSA) is 92.1 Å². The van der Waals surface area contributed by atoms with E-state index < -0.39 is 0 Å². The van der Waals surface area contributed by atoms with Crippen molar-refractivity contribution in [1.82, 2.24) is 43.6 Å². The number of fused-ring (bicyclic) bond motifs is 24. The fourth-order valence-electron chi connectivity index (χ4n) is 24.9. The minimum Gasteiger partial charge on any atom is -0.309 e. The number of nitrogens with zero attached hydrogens (tertiary/aromatic N) is 9. The Morgan fingerprint density at radius 1 is 0.160 bits per heavy atom. The zero-order chi connectivity index (χ0) is 100. The van der Waals surface area contributed by atoms with Crippen molar-refractivity contribution in [2.24, 2.45) is 0 Å². The average molecular weight is 1920 g/mol. The summed E-state index contributed by atoms with van der Waals surface area (Å²) in [7, 11) is 0. The molecule has 0 fully saturated rings. The van der Waals surface area contributed by atoms with Gasteiger partial charge in [0.1, 0.15) is 0 Å². The van der Waals surface area contributed by atoms with Gasteiger partial charge in [0.25, 0.3) is 0 Å². The zero-order valence-electron chi connectivity index (χ0n) is 83.8. The highest BCUT2D eigenvalue weighted by Gasteiger charge is 2.43. The number of benzene rings is 21. The van der Waals surface area contributed by atoms with Crippen molar-refractivity contribution in [3.05, 3.63) is 525 Å². The molecule has 0 atom stereocenters. The van der Waals surface area contributed by atoms with Gasteiger partial charge in [0.15, 0.2) is 23.3 Å². The molecule has 150 heavy (non-hydrogen) atoms.